The van der Waals surface area contributed by atoms with Crippen molar-refractivity contribution in [1.29, 1.82) is 0 Å². The van der Waals surface area contributed by atoms with E-state index in [1.54, 1.807) is 6.33 Å². The van der Waals surface area contributed by atoms with Gasteiger partial charge in [0.1, 0.15) is 6.33 Å². The molecule has 1 heterocycles. The van der Waals surface area contributed by atoms with Gasteiger partial charge in [0.05, 0.1) is 5.52 Å². The smallest absolute Gasteiger partial charge is 0.116 e. The first-order valence-corrected chi connectivity index (χ1v) is 5.95. The maximum Gasteiger partial charge on any atom is 0.116 e. The van der Waals surface area contributed by atoms with Gasteiger partial charge in [0, 0.05) is 11.1 Å². The van der Waals surface area contributed by atoms with Crippen LogP contribution < -0.4 is 0 Å². The molecule has 2 nitrogen and oxygen atoms in total. The van der Waals surface area contributed by atoms with Crippen molar-refractivity contribution in [2.45, 2.75) is 41.5 Å². The predicted molar refractivity (Wildman–Crippen MR) is 71.7 cm³/mol. The highest BCUT2D eigenvalue weighted by atomic mass is 14.8. The fourth-order valence-corrected chi connectivity index (χ4v) is 1.30. The summed E-state index contributed by atoms with van der Waals surface area (Å²) >= 11 is 0. The third-order valence-corrected chi connectivity index (χ3v) is 1.99. The van der Waals surface area contributed by atoms with Crippen LogP contribution in [0.2, 0.25) is 0 Å². The monoisotopic (exact) mass is 218 g/mol. The van der Waals surface area contributed by atoms with E-state index >= 15 is 0 Å². The molecule has 2 aromatic rings. The van der Waals surface area contributed by atoms with E-state index in [1.807, 2.05) is 34.6 Å². The molecule has 0 aliphatic heterocycles. The molecule has 0 spiro atoms. The van der Waals surface area contributed by atoms with Crippen LogP contribution in [0.3, 0.4) is 0 Å². The number of hydrogen-bond donors (Lipinski definition) is 0. The van der Waals surface area contributed by atoms with Crippen molar-refractivity contribution < 1.29 is 0 Å². The maximum absolute atomic E-state index is 4.19. The summed E-state index contributed by atoms with van der Waals surface area (Å²) in [6, 6.07) is 6.22. The van der Waals surface area contributed by atoms with Gasteiger partial charge in [-0.15, -0.1) is 0 Å². The summed E-state index contributed by atoms with van der Waals surface area (Å²) in [4.78, 5) is 8.32. The predicted octanol–water partition coefficient (Wildman–Crippen LogP) is 4.30. The molecule has 0 bridgehead atoms. The Morgan fingerprint density at radius 3 is 2.12 bits per heavy atom. The van der Waals surface area contributed by atoms with Gasteiger partial charge in [-0.25, -0.2) is 9.97 Å². The highest BCUT2D eigenvalue weighted by Crippen LogP contribution is 2.14. The molecule has 0 N–H and O–H groups in total. The summed E-state index contributed by atoms with van der Waals surface area (Å²) in [5.41, 5.74) is 3.31. The van der Waals surface area contributed by atoms with Gasteiger partial charge >= 0.3 is 0 Å². The number of aromatic nitrogens is 2. The molecule has 0 unspecified atom stereocenters. The Morgan fingerprint density at radius 1 is 0.875 bits per heavy atom. The second-order valence-electron chi connectivity index (χ2n) is 2.98. The van der Waals surface area contributed by atoms with Crippen LogP contribution >= 0.6 is 0 Å². The van der Waals surface area contributed by atoms with Gasteiger partial charge in [0.25, 0.3) is 0 Å². The van der Waals surface area contributed by atoms with Gasteiger partial charge in [-0.3, -0.25) is 0 Å². The molecule has 2 heteroatoms. The number of aryl methyl sites for hydroxylation is 2. The van der Waals surface area contributed by atoms with Crippen molar-refractivity contribution in [2.75, 3.05) is 0 Å². The van der Waals surface area contributed by atoms with Crippen molar-refractivity contribution in [3.05, 3.63) is 35.8 Å². The van der Waals surface area contributed by atoms with Gasteiger partial charge in [0.15, 0.2) is 0 Å². The van der Waals surface area contributed by atoms with E-state index in [1.165, 1.54) is 5.56 Å². The van der Waals surface area contributed by atoms with Gasteiger partial charge in [0.2, 0.25) is 0 Å². The summed E-state index contributed by atoms with van der Waals surface area (Å²) in [6.45, 7) is 12.1. The second kappa shape index (κ2) is 7.80. The molecular weight excluding hydrogens is 196 g/mol. The SMILES string of the molecule is CC.CC.Cc1ccc2c(C)ncnc2c1. The number of nitrogens with zero attached hydrogens (tertiary/aromatic N) is 2. The zero-order chi connectivity index (χ0) is 12.6. The van der Waals surface area contributed by atoms with E-state index in [9.17, 15) is 0 Å². The summed E-state index contributed by atoms with van der Waals surface area (Å²) in [5.74, 6) is 0. The van der Waals surface area contributed by atoms with Crippen LogP contribution in [0.1, 0.15) is 39.0 Å². The lowest BCUT2D eigenvalue weighted by Gasteiger charge is -1.99. The van der Waals surface area contributed by atoms with Crippen LogP contribution in [0, 0.1) is 13.8 Å². The average Bonchev–Trinajstić information content (AvgIpc) is 2.34. The summed E-state index contributed by atoms with van der Waals surface area (Å²) in [7, 11) is 0. The lowest BCUT2D eigenvalue weighted by Crippen LogP contribution is -1.87. The van der Waals surface area contributed by atoms with Crippen molar-refractivity contribution >= 4 is 10.9 Å². The van der Waals surface area contributed by atoms with Crippen LogP contribution in [0.15, 0.2) is 24.5 Å². The Hall–Kier alpha value is -1.44. The van der Waals surface area contributed by atoms with Crippen LogP contribution in [-0.2, 0) is 0 Å². The first-order valence-electron chi connectivity index (χ1n) is 5.95. The molecule has 0 radical (unpaired) electrons. The Balaban J connectivity index is 0.000000509. The highest BCUT2D eigenvalue weighted by Gasteiger charge is 1.97. The minimum atomic E-state index is 1.03. The van der Waals surface area contributed by atoms with E-state index in [0.29, 0.717) is 0 Å². The Morgan fingerprint density at radius 2 is 1.50 bits per heavy atom. The first kappa shape index (κ1) is 14.6. The molecule has 16 heavy (non-hydrogen) atoms. The third kappa shape index (κ3) is 3.61. The fraction of sp³-hybridized carbons (Fsp3) is 0.429. The number of fused-ring (bicyclic) bond motifs is 1. The number of benzene rings is 1. The summed E-state index contributed by atoms with van der Waals surface area (Å²) in [6.07, 6.45) is 1.61. The molecular formula is C14H22N2. The molecule has 0 atom stereocenters. The van der Waals surface area contributed by atoms with Gasteiger partial charge in [-0.05, 0) is 25.5 Å². The quantitative estimate of drug-likeness (QED) is 0.659. The lowest BCUT2D eigenvalue weighted by molar-refractivity contribution is 1.15. The number of rotatable bonds is 0. The molecule has 0 aliphatic rings. The minimum absolute atomic E-state index is 1.03. The van der Waals surface area contributed by atoms with Gasteiger partial charge < -0.3 is 0 Å². The molecule has 1 aromatic carbocycles. The van der Waals surface area contributed by atoms with E-state index in [-0.39, 0.29) is 0 Å². The normalized spacial score (nSPS) is 8.62. The molecule has 0 amide bonds. The second-order valence-corrected chi connectivity index (χ2v) is 2.98. The molecule has 1 aromatic heterocycles. The summed E-state index contributed by atoms with van der Waals surface area (Å²) < 4.78 is 0. The van der Waals surface area contributed by atoms with Crippen LogP contribution in [0.25, 0.3) is 10.9 Å². The molecule has 88 valence electrons. The van der Waals surface area contributed by atoms with Crippen LogP contribution in [0.4, 0.5) is 0 Å². The van der Waals surface area contributed by atoms with Crippen molar-refractivity contribution in [3.63, 3.8) is 0 Å². The zero-order valence-corrected chi connectivity index (χ0v) is 11.2. The van der Waals surface area contributed by atoms with E-state index < -0.39 is 0 Å². The largest absolute Gasteiger partial charge is 0.241 e. The summed E-state index contributed by atoms with van der Waals surface area (Å²) in [5, 5.41) is 1.14. The topological polar surface area (TPSA) is 25.8 Å². The molecule has 0 saturated heterocycles. The third-order valence-electron chi connectivity index (χ3n) is 1.99. The molecule has 0 aliphatic carbocycles. The first-order chi connectivity index (χ1) is 7.77. The molecule has 2 rings (SSSR count). The fourth-order valence-electron chi connectivity index (χ4n) is 1.30. The average molecular weight is 218 g/mol. The minimum Gasteiger partial charge on any atom is -0.241 e. The van der Waals surface area contributed by atoms with E-state index in [4.69, 9.17) is 0 Å². The Bertz CT molecular complexity index is 422. The van der Waals surface area contributed by atoms with E-state index in [2.05, 4.69) is 35.1 Å². The van der Waals surface area contributed by atoms with E-state index in [0.717, 1.165) is 16.6 Å². The Kier molecular flexibility index (Phi) is 7.10. The highest BCUT2D eigenvalue weighted by molar-refractivity contribution is 5.80. The lowest BCUT2D eigenvalue weighted by atomic mass is 10.1. The standard InChI is InChI=1S/C10H10N2.2C2H6/c1-7-3-4-9-8(2)11-6-12-10(9)5-7;2*1-2/h3-6H,1-2H3;2*1-2H3. The Labute approximate surface area is 98.8 Å². The van der Waals surface area contributed by atoms with Crippen molar-refractivity contribution in [3.8, 4) is 0 Å². The zero-order valence-electron chi connectivity index (χ0n) is 11.2. The molecule has 0 fully saturated rings. The molecule has 0 saturated carbocycles. The van der Waals surface area contributed by atoms with Crippen molar-refractivity contribution in [2.24, 2.45) is 0 Å². The van der Waals surface area contributed by atoms with Gasteiger partial charge in [-0.2, -0.15) is 0 Å². The van der Waals surface area contributed by atoms with Gasteiger partial charge in [-0.1, -0.05) is 39.8 Å². The van der Waals surface area contributed by atoms with Crippen LogP contribution in [-0.4, -0.2) is 9.97 Å². The van der Waals surface area contributed by atoms with Crippen LogP contribution in [0.5, 0.6) is 0 Å². The van der Waals surface area contributed by atoms with Crippen molar-refractivity contribution in [1.82, 2.24) is 9.97 Å². The number of hydrogen-bond acceptors (Lipinski definition) is 2. The maximum atomic E-state index is 4.19.